The van der Waals surface area contributed by atoms with E-state index in [1.807, 2.05) is 48.5 Å². The van der Waals surface area contributed by atoms with Crippen LogP contribution in [0.4, 0.5) is 5.69 Å². The summed E-state index contributed by atoms with van der Waals surface area (Å²) in [6.45, 7) is 1.73. The molecule has 0 fully saturated rings. The Kier molecular flexibility index (Phi) is 5.34. The summed E-state index contributed by atoms with van der Waals surface area (Å²) in [6, 6.07) is 17.1. The van der Waals surface area contributed by atoms with E-state index in [1.54, 1.807) is 13.0 Å². The van der Waals surface area contributed by atoms with Crippen LogP contribution in [0.25, 0.3) is 10.8 Å². The summed E-state index contributed by atoms with van der Waals surface area (Å²) < 4.78 is 6.34. The molecule has 0 aliphatic carbocycles. The number of ether oxygens (including phenoxy) is 1. The zero-order chi connectivity index (χ0) is 19.4. The number of rotatable bonds is 5. The van der Waals surface area contributed by atoms with Gasteiger partial charge in [0.05, 0.1) is 6.61 Å². The van der Waals surface area contributed by atoms with Crippen LogP contribution in [-0.2, 0) is 22.7 Å². The van der Waals surface area contributed by atoms with Gasteiger partial charge >= 0.3 is 0 Å². The highest BCUT2D eigenvalue weighted by molar-refractivity contribution is 5.94. The summed E-state index contributed by atoms with van der Waals surface area (Å²) >= 11 is 0. The standard InChI is InChI=1S/C21H19N3O3/c1-14-9-17(13-27-2)19(11-22)21(26)24(14)12-20(25)23-18-8-7-15-5-3-4-6-16(15)10-18/h3-10H,12-13H2,1-2H3,(H,23,25). The highest BCUT2D eigenvalue weighted by Crippen LogP contribution is 2.19. The molecule has 0 unspecified atom stereocenters. The van der Waals surface area contributed by atoms with E-state index >= 15 is 0 Å². The van der Waals surface area contributed by atoms with Crippen molar-refractivity contribution in [3.63, 3.8) is 0 Å². The van der Waals surface area contributed by atoms with Crippen molar-refractivity contribution in [2.75, 3.05) is 12.4 Å². The second-order valence-corrected chi connectivity index (χ2v) is 6.23. The molecule has 1 amide bonds. The van der Waals surface area contributed by atoms with E-state index in [0.29, 0.717) is 16.9 Å². The first-order chi connectivity index (χ1) is 13.0. The second kappa shape index (κ2) is 7.85. The van der Waals surface area contributed by atoms with Crippen LogP contribution in [0, 0.1) is 18.3 Å². The first kappa shape index (κ1) is 18.4. The van der Waals surface area contributed by atoms with Crippen LogP contribution in [0.2, 0.25) is 0 Å². The Morgan fingerprint density at radius 1 is 1.19 bits per heavy atom. The van der Waals surface area contributed by atoms with E-state index in [-0.39, 0.29) is 24.6 Å². The number of carbonyl (C=O) groups is 1. The van der Waals surface area contributed by atoms with E-state index in [1.165, 1.54) is 11.7 Å². The SMILES string of the molecule is COCc1cc(C)n(CC(=O)Nc2ccc3ccccc3c2)c(=O)c1C#N. The minimum atomic E-state index is -0.488. The lowest BCUT2D eigenvalue weighted by atomic mass is 10.1. The number of benzene rings is 2. The zero-order valence-corrected chi connectivity index (χ0v) is 15.2. The first-order valence-corrected chi connectivity index (χ1v) is 8.44. The number of pyridine rings is 1. The Morgan fingerprint density at radius 2 is 1.93 bits per heavy atom. The Hall–Kier alpha value is -3.43. The van der Waals surface area contributed by atoms with Crippen molar-refractivity contribution in [3.05, 3.63) is 75.7 Å². The summed E-state index contributed by atoms with van der Waals surface area (Å²) in [7, 11) is 1.50. The van der Waals surface area contributed by atoms with E-state index < -0.39 is 5.56 Å². The van der Waals surface area contributed by atoms with Gasteiger partial charge in [-0.25, -0.2) is 0 Å². The summed E-state index contributed by atoms with van der Waals surface area (Å²) in [4.78, 5) is 25.0. The molecule has 0 radical (unpaired) electrons. The van der Waals surface area contributed by atoms with Gasteiger partial charge in [0.2, 0.25) is 5.91 Å². The normalized spacial score (nSPS) is 10.6. The number of amides is 1. The molecule has 1 heterocycles. The van der Waals surface area contributed by atoms with Gasteiger partial charge in [-0.05, 0) is 35.9 Å². The van der Waals surface area contributed by atoms with Gasteiger partial charge in [-0.2, -0.15) is 5.26 Å². The molecule has 3 rings (SSSR count). The fourth-order valence-corrected chi connectivity index (χ4v) is 3.03. The summed E-state index contributed by atoms with van der Waals surface area (Å²) in [5, 5.41) is 14.2. The summed E-state index contributed by atoms with van der Waals surface area (Å²) in [5.41, 5.74) is 1.29. The zero-order valence-electron chi connectivity index (χ0n) is 15.2. The maximum Gasteiger partial charge on any atom is 0.269 e. The van der Waals surface area contributed by atoms with Crippen LogP contribution in [0.15, 0.2) is 53.3 Å². The minimum Gasteiger partial charge on any atom is -0.380 e. The molecular weight excluding hydrogens is 342 g/mol. The lowest BCUT2D eigenvalue weighted by molar-refractivity contribution is -0.116. The third-order valence-electron chi connectivity index (χ3n) is 4.34. The number of nitrogens with zero attached hydrogens (tertiary/aromatic N) is 2. The summed E-state index contributed by atoms with van der Waals surface area (Å²) in [6.07, 6.45) is 0. The molecule has 1 aromatic heterocycles. The molecule has 0 saturated heterocycles. The largest absolute Gasteiger partial charge is 0.380 e. The van der Waals surface area contributed by atoms with E-state index in [9.17, 15) is 14.9 Å². The minimum absolute atomic E-state index is 0.000884. The van der Waals surface area contributed by atoms with Crippen molar-refractivity contribution in [2.45, 2.75) is 20.1 Å². The van der Waals surface area contributed by atoms with Gasteiger partial charge in [0, 0.05) is 24.1 Å². The van der Waals surface area contributed by atoms with Crippen LogP contribution in [-0.4, -0.2) is 17.6 Å². The van der Waals surface area contributed by atoms with Crippen LogP contribution in [0.1, 0.15) is 16.8 Å². The van der Waals surface area contributed by atoms with Crippen LogP contribution >= 0.6 is 0 Å². The van der Waals surface area contributed by atoms with Crippen molar-refractivity contribution >= 4 is 22.4 Å². The van der Waals surface area contributed by atoms with Crippen LogP contribution in [0.5, 0.6) is 0 Å². The molecule has 27 heavy (non-hydrogen) atoms. The maximum absolute atomic E-state index is 12.6. The van der Waals surface area contributed by atoms with Gasteiger partial charge in [-0.1, -0.05) is 30.3 Å². The average Bonchev–Trinajstić information content (AvgIpc) is 2.65. The van der Waals surface area contributed by atoms with Crippen molar-refractivity contribution in [1.29, 1.82) is 5.26 Å². The van der Waals surface area contributed by atoms with Gasteiger partial charge in [0.1, 0.15) is 18.2 Å². The fraction of sp³-hybridized carbons (Fsp3) is 0.190. The van der Waals surface area contributed by atoms with Crippen LogP contribution in [0.3, 0.4) is 0 Å². The average molecular weight is 361 g/mol. The molecule has 6 nitrogen and oxygen atoms in total. The molecule has 0 aliphatic heterocycles. The van der Waals surface area contributed by atoms with Gasteiger partial charge in [-0.15, -0.1) is 0 Å². The number of aryl methyl sites for hydroxylation is 1. The maximum atomic E-state index is 12.6. The molecule has 1 N–H and O–H groups in total. The lowest BCUT2D eigenvalue weighted by Crippen LogP contribution is -2.31. The van der Waals surface area contributed by atoms with E-state index in [4.69, 9.17) is 4.74 Å². The highest BCUT2D eigenvalue weighted by atomic mass is 16.5. The molecule has 0 saturated carbocycles. The molecular formula is C21H19N3O3. The number of hydrogen-bond acceptors (Lipinski definition) is 4. The van der Waals surface area contributed by atoms with Crippen molar-refractivity contribution < 1.29 is 9.53 Å². The molecule has 6 heteroatoms. The van der Waals surface area contributed by atoms with Crippen LogP contribution < -0.4 is 10.9 Å². The van der Waals surface area contributed by atoms with Gasteiger partial charge in [0.25, 0.3) is 5.56 Å². The van der Waals surface area contributed by atoms with Crippen molar-refractivity contribution in [1.82, 2.24) is 4.57 Å². The molecule has 0 atom stereocenters. The topological polar surface area (TPSA) is 84.1 Å². The number of fused-ring (bicyclic) bond motifs is 1. The molecule has 0 aliphatic rings. The third-order valence-corrected chi connectivity index (χ3v) is 4.34. The van der Waals surface area contributed by atoms with E-state index in [2.05, 4.69) is 5.32 Å². The Bertz CT molecular complexity index is 1110. The molecule has 136 valence electrons. The molecule has 0 spiro atoms. The number of nitriles is 1. The quantitative estimate of drug-likeness (QED) is 0.757. The fourth-order valence-electron chi connectivity index (χ4n) is 3.03. The number of carbonyl (C=O) groups excluding carboxylic acids is 1. The van der Waals surface area contributed by atoms with Gasteiger partial charge in [0.15, 0.2) is 0 Å². The van der Waals surface area contributed by atoms with Crippen molar-refractivity contribution in [2.24, 2.45) is 0 Å². The predicted molar refractivity (Wildman–Crippen MR) is 103 cm³/mol. The number of aromatic nitrogens is 1. The van der Waals surface area contributed by atoms with Crippen molar-refractivity contribution in [3.8, 4) is 6.07 Å². The molecule has 2 aromatic carbocycles. The first-order valence-electron chi connectivity index (χ1n) is 8.44. The van der Waals surface area contributed by atoms with E-state index in [0.717, 1.165) is 10.8 Å². The number of anilines is 1. The highest BCUT2D eigenvalue weighted by Gasteiger charge is 2.15. The predicted octanol–water partition coefficient (Wildman–Crippen LogP) is 2.97. The van der Waals surface area contributed by atoms with Gasteiger partial charge in [-0.3, -0.25) is 9.59 Å². The number of hydrogen-bond donors (Lipinski definition) is 1. The Labute approximate surface area is 156 Å². The third kappa shape index (κ3) is 3.89. The molecule has 3 aromatic rings. The number of methoxy groups -OCH3 is 1. The monoisotopic (exact) mass is 361 g/mol. The summed E-state index contributed by atoms with van der Waals surface area (Å²) in [5.74, 6) is -0.334. The Morgan fingerprint density at radius 3 is 2.63 bits per heavy atom. The molecule has 0 bridgehead atoms. The Balaban J connectivity index is 1.85. The second-order valence-electron chi connectivity index (χ2n) is 6.23. The smallest absolute Gasteiger partial charge is 0.269 e. The lowest BCUT2D eigenvalue weighted by Gasteiger charge is -2.13. The number of nitrogens with one attached hydrogen (secondary N) is 1. The van der Waals surface area contributed by atoms with Gasteiger partial charge < -0.3 is 14.6 Å².